The molecule has 5 nitrogen and oxygen atoms in total. The molecule has 8 heteroatoms. The fourth-order valence-electron chi connectivity index (χ4n) is 4.58. The Kier molecular flexibility index (Phi) is 8.04. The van der Waals surface area contributed by atoms with Gasteiger partial charge in [0.2, 0.25) is 0 Å². The third-order valence-corrected chi connectivity index (χ3v) is 7.52. The second-order valence-electron chi connectivity index (χ2n) is 8.52. The molecule has 1 aliphatic heterocycles. The predicted molar refractivity (Wildman–Crippen MR) is 133 cm³/mol. The molecule has 1 N–H and O–H groups in total. The summed E-state index contributed by atoms with van der Waals surface area (Å²) in [5, 5.41) is 12.9. The van der Waals surface area contributed by atoms with Crippen LogP contribution in [0.2, 0.25) is 5.02 Å². The summed E-state index contributed by atoms with van der Waals surface area (Å²) in [6.07, 6.45) is 4.89. The maximum absolute atomic E-state index is 13.1. The first-order valence-electron chi connectivity index (χ1n) is 11.2. The summed E-state index contributed by atoms with van der Waals surface area (Å²) in [6, 6.07) is 7.16. The molecule has 1 aliphatic rings. The monoisotopic (exact) mass is 500 g/mol. The summed E-state index contributed by atoms with van der Waals surface area (Å²) < 4.78 is 18.4. The Labute approximate surface area is 207 Å². The van der Waals surface area contributed by atoms with Crippen LogP contribution in [0.15, 0.2) is 35.8 Å². The third kappa shape index (κ3) is 5.87. The number of rotatable bonds is 7. The van der Waals surface area contributed by atoms with E-state index in [1.807, 2.05) is 18.2 Å². The van der Waals surface area contributed by atoms with E-state index in [1.165, 1.54) is 22.8 Å². The molecule has 0 spiro atoms. The first kappa shape index (κ1) is 24.5. The van der Waals surface area contributed by atoms with Crippen molar-refractivity contribution < 1.29 is 19.0 Å². The van der Waals surface area contributed by atoms with Gasteiger partial charge in [0.15, 0.2) is 0 Å². The Hall–Kier alpha value is -2.66. The molecule has 2 aromatic heterocycles. The van der Waals surface area contributed by atoms with Crippen molar-refractivity contribution in [2.75, 3.05) is 26.7 Å². The van der Waals surface area contributed by atoms with Crippen LogP contribution in [0.5, 0.6) is 5.75 Å². The molecular weight excluding hydrogens is 475 g/mol. The van der Waals surface area contributed by atoms with Crippen molar-refractivity contribution in [3.63, 3.8) is 0 Å². The predicted octanol–water partition coefficient (Wildman–Crippen LogP) is 5.49. The van der Waals surface area contributed by atoms with Crippen molar-refractivity contribution >= 4 is 39.8 Å². The zero-order chi connectivity index (χ0) is 24.1. The molecule has 0 bridgehead atoms. The number of aromatic nitrogens is 1. The van der Waals surface area contributed by atoms with E-state index in [4.69, 9.17) is 16.3 Å². The Balaban J connectivity index is 1.37. The number of piperidine rings is 1. The van der Waals surface area contributed by atoms with E-state index in [0.29, 0.717) is 23.0 Å². The molecule has 0 radical (unpaired) electrons. The van der Waals surface area contributed by atoms with Crippen LogP contribution >= 0.6 is 22.9 Å². The molecule has 0 saturated carbocycles. The minimum atomic E-state index is -0.764. The number of ether oxygens (including phenoxy) is 1. The average Bonchev–Trinajstić information content (AvgIpc) is 3.25. The molecule has 178 valence electrons. The Morgan fingerprint density at radius 1 is 1.41 bits per heavy atom. The number of carbonyl (C=O) groups is 1. The second kappa shape index (κ2) is 11.2. The number of halogens is 2. The maximum Gasteiger partial charge on any atom is 0.308 e. The van der Waals surface area contributed by atoms with Gasteiger partial charge in [-0.1, -0.05) is 23.4 Å². The van der Waals surface area contributed by atoms with Gasteiger partial charge in [-0.15, -0.1) is 11.3 Å². The van der Waals surface area contributed by atoms with Gasteiger partial charge >= 0.3 is 5.97 Å². The van der Waals surface area contributed by atoms with Crippen LogP contribution in [0.3, 0.4) is 0 Å². The molecule has 0 amide bonds. The molecule has 4 rings (SSSR count). The lowest BCUT2D eigenvalue weighted by molar-refractivity contribution is -0.146. The molecule has 3 aromatic rings. The van der Waals surface area contributed by atoms with Gasteiger partial charge < -0.3 is 9.84 Å². The summed E-state index contributed by atoms with van der Waals surface area (Å²) in [5.41, 5.74) is 1.89. The number of fused-ring (bicyclic) bond motifs is 1. The highest BCUT2D eigenvalue weighted by Crippen LogP contribution is 2.32. The zero-order valence-electron chi connectivity index (χ0n) is 18.9. The second-order valence-corrected chi connectivity index (χ2v) is 9.84. The van der Waals surface area contributed by atoms with E-state index in [9.17, 15) is 14.3 Å². The van der Waals surface area contributed by atoms with Gasteiger partial charge in [-0.3, -0.25) is 14.7 Å². The summed E-state index contributed by atoms with van der Waals surface area (Å²) in [7, 11) is 1.63. The van der Waals surface area contributed by atoms with Crippen molar-refractivity contribution in [3.8, 4) is 17.6 Å². The van der Waals surface area contributed by atoms with Crippen LogP contribution in [0.1, 0.15) is 29.7 Å². The van der Waals surface area contributed by atoms with E-state index in [2.05, 4.69) is 21.7 Å². The number of carboxylic acids is 1. The van der Waals surface area contributed by atoms with Gasteiger partial charge in [-0.2, -0.15) is 0 Å². The number of methoxy groups -OCH3 is 1. The van der Waals surface area contributed by atoms with Crippen molar-refractivity contribution in [2.45, 2.75) is 25.7 Å². The quantitative estimate of drug-likeness (QED) is 0.434. The smallest absolute Gasteiger partial charge is 0.308 e. The van der Waals surface area contributed by atoms with Crippen LogP contribution in [0.4, 0.5) is 4.39 Å². The minimum Gasteiger partial charge on any atom is -0.497 e. The summed E-state index contributed by atoms with van der Waals surface area (Å²) in [5.74, 6) is 5.40. The number of nitrogens with zero attached hydrogens (tertiary/aromatic N) is 2. The van der Waals surface area contributed by atoms with Gasteiger partial charge in [0.05, 0.1) is 35.0 Å². The third-order valence-electron chi connectivity index (χ3n) is 6.37. The van der Waals surface area contributed by atoms with Gasteiger partial charge in [0.25, 0.3) is 0 Å². The zero-order valence-corrected chi connectivity index (χ0v) is 20.5. The molecule has 0 aliphatic carbocycles. The first-order chi connectivity index (χ1) is 16.4. The van der Waals surface area contributed by atoms with Gasteiger partial charge in [0, 0.05) is 29.6 Å². The van der Waals surface area contributed by atoms with Crippen LogP contribution in [-0.4, -0.2) is 47.7 Å². The number of likely N-dealkylation sites (tertiary alicyclic amines) is 1. The fraction of sp³-hybridized carbons (Fsp3) is 0.385. The van der Waals surface area contributed by atoms with Crippen LogP contribution in [0.25, 0.3) is 10.9 Å². The van der Waals surface area contributed by atoms with Gasteiger partial charge in [-0.25, -0.2) is 4.39 Å². The van der Waals surface area contributed by atoms with Crippen molar-refractivity contribution in [1.29, 1.82) is 0 Å². The lowest BCUT2D eigenvalue weighted by atomic mass is 9.81. The number of hydrogen-bond donors (Lipinski definition) is 1. The lowest BCUT2D eigenvalue weighted by Crippen LogP contribution is -2.44. The fourth-order valence-corrected chi connectivity index (χ4v) is 5.44. The molecule has 1 saturated heterocycles. The largest absolute Gasteiger partial charge is 0.497 e. The lowest BCUT2D eigenvalue weighted by Gasteiger charge is -2.35. The van der Waals surface area contributed by atoms with E-state index in [0.717, 1.165) is 54.4 Å². The molecule has 1 aromatic carbocycles. The van der Waals surface area contributed by atoms with Crippen LogP contribution in [0, 0.1) is 29.5 Å². The minimum absolute atomic E-state index is 0.106. The van der Waals surface area contributed by atoms with Crippen molar-refractivity contribution in [2.24, 2.45) is 11.8 Å². The topological polar surface area (TPSA) is 62.7 Å². The molecule has 0 unspecified atom stereocenters. The highest BCUT2D eigenvalue weighted by atomic mass is 35.5. The average molecular weight is 501 g/mol. The Morgan fingerprint density at radius 2 is 2.26 bits per heavy atom. The highest BCUT2D eigenvalue weighted by Gasteiger charge is 2.33. The summed E-state index contributed by atoms with van der Waals surface area (Å²) in [4.78, 5) is 19.2. The van der Waals surface area contributed by atoms with Crippen LogP contribution < -0.4 is 4.74 Å². The van der Waals surface area contributed by atoms with Crippen molar-refractivity contribution in [1.82, 2.24) is 9.88 Å². The Bertz CT molecular complexity index is 1240. The standard InChI is InChI=1S/C26H26ClFN2O3S/c1-33-19-7-8-25-22(13-19)21(24(27)14-29-25)6-2-4-17-9-11-30(15-23(17)26(31)32)10-3-5-20-12-18(28)16-34-20/h7-8,12-14,16-17,23H,2,4,6,9-11,15H2,1H3,(H,31,32)/t17-,23+/m0/s1. The highest BCUT2D eigenvalue weighted by molar-refractivity contribution is 7.10. The number of aryl methyl sites for hydroxylation is 1. The molecule has 1 fully saturated rings. The number of aliphatic carboxylic acids is 1. The first-order valence-corrected chi connectivity index (χ1v) is 12.5. The summed E-state index contributed by atoms with van der Waals surface area (Å²) in [6.45, 7) is 1.76. The summed E-state index contributed by atoms with van der Waals surface area (Å²) >= 11 is 7.75. The Morgan fingerprint density at radius 3 is 3.00 bits per heavy atom. The van der Waals surface area contributed by atoms with Gasteiger partial charge in [0.1, 0.15) is 11.6 Å². The molecule has 34 heavy (non-hydrogen) atoms. The van der Waals surface area contributed by atoms with Crippen molar-refractivity contribution in [3.05, 3.63) is 57.1 Å². The van der Waals surface area contributed by atoms with E-state index >= 15 is 0 Å². The number of pyridine rings is 1. The van der Waals surface area contributed by atoms with E-state index < -0.39 is 11.9 Å². The molecular formula is C26H26ClFN2O3S. The van der Waals surface area contributed by atoms with Crippen LogP contribution in [-0.2, 0) is 11.2 Å². The normalized spacial score (nSPS) is 18.4. The SMILES string of the molecule is COc1ccc2ncc(Cl)c(CCC[C@H]3CCN(CC#Cc4cc(F)cs4)C[C@H]3C(=O)O)c2c1. The number of benzene rings is 1. The maximum atomic E-state index is 13.1. The number of thiophene rings is 1. The van der Waals surface area contributed by atoms with E-state index in [1.54, 1.807) is 13.3 Å². The molecule has 3 heterocycles. The van der Waals surface area contributed by atoms with E-state index in [-0.39, 0.29) is 11.7 Å². The van der Waals surface area contributed by atoms with Gasteiger partial charge in [-0.05, 0) is 61.9 Å². The number of hydrogen-bond acceptors (Lipinski definition) is 5. The number of carboxylic acid groups (broad SMARTS) is 1. The molecule has 2 atom stereocenters.